The number of rotatable bonds is 4. The first-order chi connectivity index (χ1) is 11.1. The third-order valence-corrected chi connectivity index (χ3v) is 3.73. The average molecular weight is 340 g/mol. The Morgan fingerprint density at radius 3 is 2.29 bits per heavy atom. The number of primary amides is 1. The average Bonchev–Trinajstić information content (AvgIpc) is 2.92. The number of alkyl halides is 3. The van der Waals surface area contributed by atoms with E-state index in [9.17, 15) is 22.8 Å². The fourth-order valence-electron chi connectivity index (χ4n) is 2.20. The van der Waals surface area contributed by atoms with E-state index >= 15 is 0 Å². The second-order valence-corrected chi connectivity index (χ2v) is 5.41. The number of halogens is 3. The van der Waals surface area contributed by atoms with Crippen molar-refractivity contribution >= 4 is 11.8 Å². The lowest BCUT2D eigenvalue weighted by Crippen LogP contribution is -2.52. The van der Waals surface area contributed by atoms with E-state index in [0.29, 0.717) is 5.76 Å². The molecule has 1 aromatic heterocycles. The molecule has 0 aliphatic rings. The molecule has 2 aromatic rings. The van der Waals surface area contributed by atoms with Gasteiger partial charge in [0.25, 0.3) is 5.91 Å². The van der Waals surface area contributed by atoms with Crippen LogP contribution in [-0.2, 0) is 16.5 Å². The zero-order valence-electron chi connectivity index (χ0n) is 12.9. The molecule has 5 nitrogen and oxygen atoms in total. The molecule has 1 atom stereocenters. The third-order valence-electron chi connectivity index (χ3n) is 3.73. The quantitative estimate of drug-likeness (QED) is 0.897. The largest absolute Gasteiger partial charge is 0.469 e. The molecule has 0 radical (unpaired) electrons. The Labute approximate surface area is 135 Å². The van der Waals surface area contributed by atoms with Crippen LogP contribution in [0.25, 0.3) is 0 Å². The molecule has 0 saturated carbocycles. The molecule has 0 fully saturated rings. The van der Waals surface area contributed by atoms with Crippen LogP contribution < -0.4 is 11.1 Å². The molecule has 0 aliphatic heterocycles. The highest BCUT2D eigenvalue weighted by Gasteiger charge is 2.38. The number of carbonyl (C=O) groups is 2. The van der Waals surface area contributed by atoms with Crippen LogP contribution in [0.1, 0.15) is 34.2 Å². The van der Waals surface area contributed by atoms with Crippen molar-refractivity contribution in [3.05, 3.63) is 59.0 Å². The van der Waals surface area contributed by atoms with Crippen LogP contribution in [0.4, 0.5) is 13.2 Å². The van der Waals surface area contributed by atoms with E-state index in [0.717, 1.165) is 18.2 Å². The molecule has 0 aliphatic carbocycles. The predicted molar refractivity (Wildman–Crippen MR) is 78.9 cm³/mol. The Bertz CT molecular complexity index is 783. The third kappa shape index (κ3) is 3.27. The summed E-state index contributed by atoms with van der Waals surface area (Å²) < 4.78 is 43.6. The number of aryl methyl sites for hydroxylation is 1. The summed E-state index contributed by atoms with van der Waals surface area (Å²) in [4.78, 5) is 24.2. The minimum atomic E-state index is -4.58. The summed E-state index contributed by atoms with van der Waals surface area (Å²) in [5.74, 6) is -1.36. The van der Waals surface area contributed by atoms with Crippen LogP contribution >= 0.6 is 0 Å². The second kappa shape index (κ2) is 6.03. The van der Waals surface area contributed by atoms with Crippen LogP contribution in [0.15, 0.2) is 41.0 Å². The number of amides is 2. The van der Waals surface area contributed by atoms with Crippen molar-refractivity contribution < 1.29 is 27.2 Å². The topological polar surface area (TPSA) is 85.3 Å². The fourth-order valence-corrected chi connectivity index (χ4v) is 2.20. The van der Waals surface area contributed by atoms with Gasteiger partial charge in [0.1, 0.15) is 11.3 Å². The summed E-state index contributed by atoms with van der Waals surface area (Å²) >= 11 is 0. The molecular weight excluding hydrogens is 325 g/mol. The van der Waals surface area contributed by atoms with Gasteiger partial charge in [0.05, 0.1) is 17.4 Å². The van der Waals surface area contributed by atoms with Gasteiger partial charge in [-0.1, -0.05) is 12.1 Å². The van der Waals surface area contributed by atoms with Crippen LogP contribution in [0.3, 0.4) is 0 Å². The Morgan fingerprint density at radius 1 is 1.17 bits per heavy atom. The predicted octanol–water partition coefficient (Wildman–Crippen LogP) is 2.74. The molecule has 2 rings (SSSR count). The van der Waals surface area contributed by atoms with Crippen molar-refractivity contribution in [2.24, 2.45) is 5.73 Å². The lowest BCUT2D eigenvalue weighted by molar-refractivity contribution is -0.137. The number of benzene rings is 1. The van der Waals surface area contributed by atoms with E-state index < -0.39 is 29.1 Å². The summed E-state index contributed by atoms with van der Waals surface area (Å²) in [6.45, 7) is 2.79. The summed E-state index contributed by atoms with van der Waals surface area (Å²) in [5, 5.41) is 2.39. The maximum atomic E-state index is 12.9. The van der Waals surface area contributed by atoms with Gasteiger partial charge in [-0.2, -0.15) is 13.2 Å². The molecule has 0 saturated heterocycles. The normalized spacial score (nSPS) is 14.0. The molecule has 2 amide bonds. The molecule has 1 aromatic carbocycles. The molecular formula is C16H15F3N2O3. The number of carbonyl (C=O) groups excluding carboxylic acids is 2. The van der Waals surface area contributed by atoms with Crippen molar-refractivity contribution in [3.63, 3.8) is 0 Å². The van der Waals surface area contributed by atoms with Crippen molar-refractivity contribution in [2.45, 2.75) is 25.6 Å². The monoisotopic (exact) mass is 340 g/mol. The standard InChI is InChI=1S/C16H15F3N2O3/c1-9-12(6-7-24-9)13(22)21-15(2,14(20)23)10-4-3-5-11(8-10)16(17,18)19/h3-8H,1-2H3,(H2,20,23)(H,21,22)/t15-/m0/s1. The fraction of sp³-hybridized carbons (Fsp3) is 0.250. The van der Waals surface area contributed by atoms with Gasteiger partial charge < -0.3 is 15.5 Å². The minimum absolute atomic E-state index is 0.0701. The lowest BCUT2D eigenvalue weighted by Gasteiger charge is -2.28. The van der Waals surface area contributed by atoms with Crippen molar-refractivity contribution in [1.82, 2.24) is 5.32 Å². The maximum absolute atomic E-state index is 12.9. The smallest absolute Gasteiger partial charge is 0.416 e. The van der Waals surface area contributed by atoms with E-state index in [1.54, 1.807) is 6.92 Å². The molecule has 24 heavy (non-hydrogen) atoms. The van der Waals surface area contributed by atoms with Gasteiger partial charge >= 0.3 is 6.18 Å². The molecule has 128 valence electrons. The number of hydrogen-bond donors (Lipinski definition) is 2. The Balaban J connectivity index is 2.43. The van der Waals surface area contributed by atoms with E-state index in [1.165, 1.54) is 25.3 Å². The van der Waals surface area contributed by atoms with Gasteiger partial charge in [0, 0.05) is 0 Å². The first-order valence-electron chi connectivity index (χ1n) is 6.90. The lowest BCUT2D eigenvalue weighted by atomic mass is 9.89. The Hall–Kier alpha value is -2.77. The molecule has 3 N–H and O–H groups in total. The molecule has 0 unspecified atom stereocenters. The van der Waals surface area contributed by atoms with E-state index in [-0.39, 0.29) is 11.1 Å². The zero-order valence-corrected chi connectivity index (χ0v) is 12.9. The first-order valence-corrected chi connectivity index (χ1v) is 6.90. The molecule has 0 spiro atoms. The molecule has 0 bridgehead atoms. The summed E-state index contributed by atoms with van der Waals surface area (Å²) in [6, 6.07) is 5.48. The van der Waals surface area contributed by atoms with Gasteiger partial charge in [-0.3, -0.25) is 9.59 Å². The van der Waals surface area contributed by atoms with E-state index in [1.807, 2.05) is 0 Å². The summed E-state index contributed by atoms with van der Waals surface area (Å²) in [7, 11) is 0. The van der Waals surface area contributed by atoms with Gasteiger partial charge in [-0.15, -0.1) is 0 Å². The summed E-state index contributed by atoms with van der Waals surface area (Å²) in [6.07, 6.45) is -3.30. The van der Waals surface area contributed by atoms with Gasteiger partial charge in [-0.05, 0) is 37.6 Å². The van der Waals surface area contributed by atoms with E-state index in [2.05, 4.69) is 5.32 Å². The number of nitrogens with two attached hydrogens (primary N) is 1. The maximum Gasteiger partial charge on any atom is 0.416 e. The highest BCUT2D eigenvalue weighted by atomic mass is 19.4. The second-order valence-electron chi connectivity index (χ2n) is 5.41. The van der Waals surface area contributed by atoms with Crippen LogP contribution in [0.5, 0.6) is 0 Å². The number of furan rings is 1. The highest BCUT2D eigenvalue weighted by molar-refractivity contribution is 5.99. The minimum Gasteiger partial charge on any atom is -0.469 e. The zero-order chi connectivity index (χ0) is 18.1. The summed E-state index contributed by atoms with van der Waals surface area (Å²) in [5.41, 5.74) is 2.67. The first kappa shape index (κ1) is 17.6. The van der Waals surface area contributed by atoms with Crippen LogP contribution in [-0.4, -0.2) is 11.8 Å². The molecule has 1 heterocycles. The van der Waals surface area contributed by atoms with Gasteiger partial charge in [-0.25, -0.2) is 0 Å². The molecule has 8 heteroatoms. The van der Waals surface area contributed by atoms with Crippen molar-refractivity contribution in [1.29, 1.82) is 0 Å². The Morgan fingerprint density at radius 2 is 1.79 bits per heavy atom. The number of nitrogens with one attached hydrogen (secondary N) is 1. The van der Waals surface area contributed by atoms with Gasteiger partial charge in [0.15, 0.2) is 0 Å². The number of hydrogen-bond acceptors (Lipinski definition) is 3. The van der Waals surface area contributed by atoms with Crippen LogP contribution in [0, 0.1) is 6.92 Å². The van der Waals surface area contributed by atoms with Crippen LogP contribution in [0.2, 0.25) is 0 Å². The van der Waals surface area contributed by atoms with Crippen molar-refractivity contribution in [3.8, 4) is 0 Å². The van der Waals surface area contributed by atoms with Gasteiger partial charge in [0.2, 0.25) is 5.91 Å². The Kier molecular flexibility index (Phi) is 4.42. The SMILES string of the molecule is Cc1occc1C(=O)N[C@](C)(C(N)=O)c1cccc(C(F)(F)F)c1. The van der Waals surface area contributed by atoms with E-state index in [4.69, 9.17) is 10.2 Å². The van der Waals surface area contributed by atoms with Crippen molar-refractivity contribution in [2.75, 3.05) is 0 Å². The highest BCUT2D eigenvalue weighted by Crippen LogP contribution is 2.32.